The van der Waals surface area contributed by atoms with Gasteiger partial charge >= 0.3 is 5.97 Å². The highest BCUT2D eigenvalue weighted by Gasteiger charge is 2.40. The van der Waals surface area contributed by atoms with Crippen molar-refractivity contribution >= 4 is 5.97 Å². The number of ether oxygens (including phenoxy) is 1. The van der Waals surface area contributed by atoms with Crippen molar-refractivity contribution in [2.24, 2.45) is 5.92 Å². The minimum absolute atomic E-state index is 0.000872. The molecule has 1 aliphatic carbocycles. The Morgan fingerprint density at radius 3 is 2.37 bits per heavy atom. The lowest BCUT2D eigenvalue weighted by Crippen LogP contribution is -2.19. The fourth-order valence-electron chi connectivity index (χ4n) is 3.60. The van der Waals surface area contributed by atoms with E-state index in [9.17, 15) is 4.79 Å². The molecule has 0 spiro atoms. The molecular formula is C27H40O3. The Balaban J connectivity index is 2.44. The number of carboxylic acid groups (broad SMARTS) is 1. The van der Waals surface area contributed by atoms with Crippen molar-refractivity contribution in [2.75, 3.05) is 6.61 Å². The molecule has 1 aliphatic rings. The van der Waals surface area contributed by atoms with Crippen LogP contribution in [0.3, 0.4) is 0 Å². The molecule has 30 heavy (non-hydrogen) atoms. The fourth-order valence-corrected chi connectivity index (χ4v) is 3.60. The summed E-state index contributed by atoms with van der Waals surface area (Å²) in [7, 11) is 0. The van der Waals surface area contributed by atoms with Crippen LogP contribution in [-0.2, 0) is 15.6 Å². The summed E-state index contributed by atoms with van der Waals surface area (Å²) in [4.78, 5) is 11.0. The fraction of sp³-hybridized carbons (Fsp3) is 0.593. The first kappa shape index (κ1) is 24.2. The molecule has 0 bridgehead atoms. The first-order valence-electron chi connectivity index (χ1n) is 11.3. The minimum Gasteiger partial charge on any atom is -0.493 e. The molecule has 3 nitrogen and oxygen atoms in total. The Hall–Kier alpha value is -2.03. The van der Waals surface area contributed by atoms with E-state index in [2.05, 4.69) is 66.7 Å². The quantitative estimate of drug-likeness (QED) is 0.280. The highest BCUT2D eigenvalue weighted by atomic mass is 16.5. The zero-order chi connectivity index (χ0) is 22.7. The van der Waals surface area contributed by atoms with Crippen LogP contribution in [0.4, 0.5) is 0 Å². The molecule has 0 aromatic heterocycles. The van der Waals surface area contributed by atoms with Crippen molar-refractivity contribution in [1.82, 2.24) is 0 Å². The molecule has 2 atom stereocenters. The van der Waals surface area contributed by atoms with E-state index in [0.717, 1.165) is 31.6 Å². The van der Waals surface area contributed by atoms with E-state index in [-0.39, 0.29) is 10.8 Å². The van der Waals surface area contributed by atoms with E-state index in [1.165, 1.54) is 16.7 Å². The van der Waals surface area contributed by atoms with Gasteiger partial charge < -0.3 is 9.84 Å². The molecule has 1 fully saturated rings. The van der Waals surface area contributed by atoms with E-state index >= 15 is 0 Å². The van der Waals surface area contributed by atoms with Crippen molar-refractivity contribution in [3.05, 3.63) is 52.6 Å². The van der Waals surface area contributed by atoms with Crippen LogP contribution in [0.15, 0.2) is 35.9 Å². The molecule has 0 heterocycles. The summed E-state index contributed by atoms with van der Waals surface area (Å²) in [6, 6.07) is 4.70. The lowest BCUT2D eigenvalue weighted by atomic mass is 9.78. The third-order valence-electron chi connectivity index (χ3n) is 5.82. The molecule has 1 aromatic carbocycles. The topological polar surface area (TPSA) is 46.5 Å². The highest BCUT2D eigenvalue weighted by molar-refractivity contribution is 5.86. The van der Waals surface area contributed by atoms with E-state index in [1.54, 1.807) is 13.0 Å². The minimum atomic E-state index is -0.869. The first-order valence-corrected chi connectivity index (χ1v) is 11.3. The Morgan fingerprint density at radius 1 is 1.17 bits per heavy atom. The van der Waals surface area contributed by atoms with Crippen molar-refractivity contribution < 1.29 is 14.6 Å². The van der Waals surface area contributed by atoms with Crippen LogP contribution < -0.4 is 4.74 Å². The number of unbranched alkanes of at least 4 members (excludes halogenated alkanes) is 1. The van der Waals surface area contributed by atoms with Gasteiger partial charge in [-0.05, 0) is 53.6 Å². The Morgan fingerprint density at radius 2 is 1.83 bits per heavy atom. The van der Waals surface area contributed by atoms with Gasteiger partial charge in [0.2, 0.25) is 0 Å². The third-order valence-corrected chi connectivity index (χ3v) is 5.82. The summed E-state index contributed by atoms with van der Waals surface area (Å²) < 4.78 is 6.41. The van der Waals surface area contributed by atoms with Crippen LogP contribution in [0.25, 0.3) is 0 Å². The van der Waals surface area contributed by atoms with E-state index < -0.39 is 5.97 Å². The van der Waals surface area contributed by atoms with Crippen LogP contribution in [0.5, 0.6) is 5.75 Å². The maximum Gasteiger partial charge on any atom is 0.331 e. The lowest BCUT2D eigenvalue weighted by Gasteiger charge is -2.29. The van der Waals surface area contributed by atoms with Gasteiger partial charge in [0.25, 0.3) is 0 Å². The number of carbonyl (C=O) groups is 1. The molecule has 1 saturated carbocycles. The molecule has 166 valence electrons. The van der Waals surface area contributed by atoms with Crippen molar-refractivity contribution in [2.45, 2.75) is 91.4 Å². The maximum atomic E-state index is 11.0. The number of hydrogen-bond donors (Lipinski definition) is 1. The van der Waals surface area contributed by atoms with E-state index in [1.807, 2.05) is 6.08 Å². The van der Waals surface area contributed by atoms with Crippen LogP contribution >= 0.6 is 0 Å². The van der Waals surface area contributed by atoms with Gasteiger partial charge in [0.1, 0.15) is 5.75 Å². The number of benzene rings is 1. The van der Waals surface area contributed by atoms with Gasteiger partial charge in [0.15, 0.2) is 0 Å². The van der Waals surface area contributed by atoms with E-state index in [4.69, 9.17) is 9.84 Å². The Labute approximate surface area is 183 Å². The summed E-state index contributed by atoms with van der Waals surface area (Å²) in [6.45, 7) is 18.1. The van der Waals surface area contributed by atoms with Gasteiger partial charge in [-0.15, -0.1) is 0 Å². The largest absolute Gasteiger partial charge is 0.493 e. The molecule has 0 aliphatic heterocycles. The summed E-state index contributed by atoms with van der Waals surface area (Å²) in [5.41, 5.74) is 4.38. The highest BCUT2D eigenvalue weighted by Crippen LogP contribution is 2.54. The summed E-state index contributed by atoms with van der Waals surface area (Å²) >= 11 is 0. The molecule has 0 amide bonds. The van der Waals surface area contributed by atoms with Crippen molar-refractivity contribution in [3.63, 3.8) is 0 Å². The predicted octanol–water partition coefficient (Wildman–Crippen LogP) is 7.15. The standard InChI is InChI=1S/C27H40O3/c1-9-10-14-30-24-22(21-15-19(21)13-11-12-18(2)25(28)29)16-20(26(3,4)5)17-23(24)27(6,7)8/h11-13,16-17,19,21H,9-10,14-15H2,1-8H3,(H,28,29)/b13-11+,18-12+. The second-order valence-corrected chi connectivity index (χ2v) is 10.7. The lowest BCUT2D eigenvalue weighted by molar-refractivity contribution is -0.132. The van der Waals surface area contributed by atoms with Gasteiger partial charge in [-0.1, -0.05) is 85.2 Å². The second-order valence-electron chi connectivity index (χ2n) is 10.7. The average molecular weight is 413 g/mol. The second kappa shape index (κ2) is 9.41. The molecule has 0 radical (unpaired) electrons. The van der Waals surface area contributed by atoms with Gasteiger partial charge in [0.05, 0.1) is 6.61 Å². The number of carboxylic acids is 1. The zero-order valence-corrected chi connectivity index (χ0v) is 20.1. The molecule has 1 N–H and O–H groups in total. The molecule has 2 unspecified atom stereocenters. The summed E-state index contributed by atoms with van der Waals surface area (Å²) in [5, 5.41) is 9.03. The molecular weight excluding hydrogens is 372 g/mol. The van der Waals surface area contributed by atoms with Gasteiger partial charge in [0, 0.05) is 11.1 Å². The maximum absolute atomic E-state index is 11.0. The predicted molar refractivity (Wildman–Crippen MR) is 126 cm³/mol. The summed E-state index contributed by atoms with van der Waals surface area (Å²) in [6.07, 6.45) is 8.97. The van der Waals surface area contributed by atoms with Crippen LogP contribution in [0, 0.1) is 5.92 Å². The third kappa shape index (κ3) is 6.23. The normalized spacial score (nSPS) is 19.9. The molecule has 2 rings (SSSR count). The molecule has 0 saturated heterocycles. The van der Waals surface area contributed by atoms with Crippen LogP contribution in [0.1, 0.15) is 97.3 Å². The molecule has 1 aromatic rings. The smallest absolute Gasteiger partial charge is 0.331 e. The number of hydrogen-bond acceptors (Lipinski definition) is 2. The van der Waals surface area contributed by atoms with E-state index in [0.29, 0.717) is 17.4 Å². The Bertz CT molecular complexity index is 816. The number of rotatable bonds is 8. The van der Waals surface area contributed by atoms with Crippen LogP contribution in [-0.4, -0.2) is 17.7 Å². The number of aliphatic carboxylic acids is 1. The van der Waals surface area contributed by atoms with Crippen molar-refractivity contribution in [3.8, 4) is 5.75 Å². The monoisotopic (exact) mass is 412 g/mol. The average Bonchev–Trinajstić information content (AvgIpc) is 3.39. The Kier molecular flexibility index (Phi) is 7.60. The number of allylic oxidation sites excluding steroid dienone is 3. The van der Waals surface area contributed by atoms with Gasteiger partial charge in [-0.2, -0.15) is 0 Å². The zero-order valence-electron chi connectivity index (χ0n) is 20.1. The summed E-state index contributed by atoms with van der Waals surface area (Å²) in [5.74, 6) is 1.06. The SMILES string of the molecule is CCCCOc1c(C2CC2/C=C/C=C(\C)C(=O)O)cc(C(C)(C)C)cc1C(C)(C)C. The van der Waals surface area contributed by atoms with Crippen molar-refractivity contribution in [1.29, 1.82) is 0 Å². The first-order chi connectivity index (χ1) is 13.9. The van der Waals surface area contributed by atoms with Gasteiger partial charge in [-0.3, -0.25) is 0 Å². The van der Waals surface area contributed by atoms with Gasteiger partial charge in [-0.25, -0.2) is 4.79 Å². The molecule has 3 heteroatoms. The van der Waals surface area contributed by atoms with Crippen LogP contribution in [0.2, 0.25) is 0 Å².